The summed E-state index contributed by atoms with van der Waals surface area (Å²) in [6.07, 6.45) is 86.8. The first-order valence-corrected chi connectivity index (χ1v) is 43.1. The summed E-state index contributed by atoms with van der Waals surface area (Å²) >= 11 is 0. The van der Waals surface area contributed by atoms with Gasteiger partial charge in [-0.25, -0.2) is 9.13 Å². The van der Waals surface area contributed by atoms with E-state index in [9.17, 15) is 43.2 Å². The average Bonchev–Trinajstić information content (AvgIpc) is 0.918. The molecule has 0 rings (SSSR count). The second-order valence-corrected chi connectivity index (χ2v) is 29.1. The van der Waals surface area contributed by atoms with Gasteiger partial charge in [0.25, 0.3) is 0 Å². The number of aliphatic hydroxyl groups excluding tert-OH is 1. The van der Waals surface area contributed by atoms with Gasteiger partial charge in [0.1, 0.15) is 19.3 Å². The molecule has 0 heterocycles. The Balaban J connectivity index is 5.42. The van der Waals surface area contributed by atoms with E-state index in [0.29, 0.717) is 32.1 Å². The number of esters is 4. The molecule has 0 amide bonds. The van der Waals surface area contributed by atoms with Crippen molar-refractivity contribution >= 4 is 39.5 Å². The summed E-state index contributed by atoms with van der Waals surface area (Å²) < 4.78 is 68.6. The lowest BCUT2D eigenvalue weighted by molar-refractivity contribution is -0.161. The summed E-state index contributed by atoms with van der Waals surface area (Å²) in [5.41, 5.74) is 0. The SMILES string of the molecule is CC/C=C\C/C=C\C/C=C\C/C=C\CCCCCCCCC(=O)OCC(COP(=O)(O)OCC(O)COP(=O)(O)OCC(COC(=O)CCCCCCC/C=C\C/C=C\C/C=C\CC)OC(=O)CCCCCCC/C=C\CCCCCCCC)OC(=O)CCCC/C=C\C/C=C\C/C=C\C/C=C\CC. The van der Waals surface area contributed by atoms with Crippen molar-refractivity contribution in [2.45, 2.75) is 329 Å². The van der Waals surface area contributed by atoms with E-state index in [1.807, 2.05) is 0 Å². The third-order valence-corrected chi connectivity index (χ3v) is 18.2. The summed E-state index contributed by atoms with van der Waals surface area (Å²) in [7, 11) is -9.99. The number of phosphoric acid groups is 2. The molecular weight excluding hydrogens is 1350 g/mol. The molecule has 5 unspecified atom stereocenters. The first-order valence-electron chi connectivity index (χ1n) is 40.1. The van der Waals surface area contributed by atoms with Gasteiger partial charge in [0.2, 0.25) is 0 Å². The molecule has 0 bridgehead atoms. The lowest BCUT2D eigenvalue weighted by Gasteiger charge is -2.21. The Bertz CT molecular complexity index is 2540. The van der Waals surface area contributed by atoms with Crippen molar-refractivity contribution in [3.05, 3.63) is 146 Å². The minimum Gasteiger partial charge on any atom is -0.462 e. The molecule has 0 fully saturated rings. The number of unbranched alkanes of at least 4 members (excludes halogenated alkanes) is 24. The van der Waals surface area contributed by atoms with Gasteiger partial charge >= 0.3 is 39.5 Å². The summed E-state index contributed by atoms with van der Waals surface area (Å²) in [5, 5.41) is 10.6. The fourth-order valence-electron chi connectivity index (χ4n) is 10.3. The summed E-state index contributed by atoms with van der Waals surface area (Å²) in [5.74, 6) is -2.27. The van der Waals surface area contributed by atoms with Crippen molar-refractivity contribution in [1.82, 2.24) is 0 Å². The Morgan fingerprint density at radius 2 is 0.500 bits per heavy atom. The summed E-state index contributed by atoms with van der Waals surface area (Å²) in [4.78, 5) is 73.0. The van der Waals surface area contributed by atoms with Crippen molar-refractivity contribution < 1.29 is 80.2 Å². The Kier molecular flexibility index (Phi) is 72.4. The minimum absolute atomic E-state index is 0.0347. The zero-order valence-electron chi connectivity index (χ0n) is 64.9. The standard InChI is InChI=1S/C85H142O17P2/c1-5-9-13-17-21-25-29-33-37-38-39-40-44-46-50-54-58-62-66-70-83(88)96-76-81(102-85(90)72-68-64-60-56-52-48-43-36-32-28-24-20-16-12-8-4)78-100-104(93,94)98-74-79(86)73-97-103(91,92)99-77-80(101-84(89)71-67-63-59-55-51-47-42-35-31-27-23-19-15-11-7-3)75-95-82(87)69-65-61-57-53-49-45-41-34-30-26-22-18-14-10-6-2/h9-10,12-14,16,21-22,24-26,28,33-37,39-43,52,56,79-81,86H,5-8,11,15,17-20,23,27,29-32,38,44-51,53-55,57-78H2,1-4H3,(H,91,92)(H,93,94)/b13-9-,14-10-,16-12-,25-21-,26-22-,28-24-,37-33-,40-39-,41-34-,42-35-,43-36-,56-52-. The Labute approximate surface area is 630 Å². The van der Waals surface area contributed by atoms with Gasteiger partial charge in [0.15, 0.2) is 12.2 Å². The van der Waals surface area contributed by atoms with E-state index in [-0.39, 0.29) is 25.7 Å². The number of ether oxygens (including phenoxy) is 4. The molecule has 104 heavy (non-hydrogen) atoms. The molecule has 0 aromatic carbocycles. The van der Waals surface area contributed by atoms with E-state index in [1.165, 1.54) is 38.5 Å². The lowest BCUT2D eigenvalue weighted by Crippen LogP contribution is -2.30. The van der Waals surface area contributed by atoms with Gasteiger partial charge in [-0.15, -0.1) is 0 Å². The van der Waals surface area contributed by atoms with Crippen molar-refractivity contribution in [2.24, 2.45) is 0 Å². The first kappa shape index (κ1) is 98.9. The number of allylic oxidation sites excluding steroid dienone is 24. The maximum atomic E-state index is 13.1. The molecule has 0 saturated carbocycles. The highest BCUT2D eigenvalue weighted by molar-refractivity contribution is 7.47. The number of carbonyl (C=O) groups excluding carboxylic acids is 4. The van der Waals surface area contributed by atoms with Crippen LogP contribution in [0.3, 0.4) is 0 Å². The highest BCUT2D eigenvalue weighted by atomic mass is 31.2. The molecule has 0 radical (unpaired) electrons. The monoisotopic (exact) mass is 1500 g/mol. The molecular formula is C85H142O17P2. The van der Waals surface area contributed by atoms with Crippen molar-refractivity contribution in [1.29, 1.82) is 0 Å². The number of hydrogen-bond acceptors (Lipinski definition) is 15. The Hall–Kier alpha value is -5.06. The largest absolute Gasteiger partial charge is 0.472 e. The predicted octanol–water partition coefficient (Wildman–Crippen LogP) is 23.4. The van der Waals surface area contributed by atoms with Gasteiger partial charge in [-0.05, 0) is 161 Å². The lowest BCUT2D eigenvalue weighted by atomic mass is 10.1. The maximum absolute atomic E-state index is 13.1. The van der Waals surface area contributed by atoms with E-state index in [1.54, 1.807) is 0 Å². The fourth-order valence-corrected chi connectivity index (χ4v) is 11.8. The van der Waals surface area contributed by atoms with E-state index < -0.39 is 97.5 Å². The number of hydrogen-bond donors (Lipinski definition) is 3. The zero-order valence-corrected chi connectivity index (χ0v) is 66.7. The Morgan fingerprint density at radius 1 is 0.279 bits per heavy atom. The first-order chi connectivity index (χ1) is 50.7. The van der Waals surface area contributed by atoms with Gasteiger partial charge in [-0.2, -0.15) is 0 Å². The molecule has 594 valence electrons. The summed E-state index contributed by atoms with van der Waals surface area (Å²) in [6.45, 7) is 4.44. The molecule has 0 spiro atoms. The number of carbonyl (C=O) groups is 4. The maximum Gasteiger partial charge on any atom is 0.472 e. The normalized spacial score (nSPS) is 14.6. The van der Waals surface area contributed by atoms with Crippen LogP contribution in [-0.2, 0) is 65.4 Å². The molecule has 5 atom stereocenters. The molecule has 3 N–H and O–H groups in total. The molecule has 19 heteroatoms. The van der Waals surface area contributed by atoms with Crippen LogP contribution in [0.2, 0.25) is 0 Å². The van der Waals surface area contributed by atoms with E-state index in [4.69, 9.17) is 37.0 Å². The second-order valence-electron chi connectivity index (χ2n) is 26.2. The van der Waals surface area contributed by atoms with E-state index in [0.717, 1.165) is 186 Å². The second kappa shape index (κ2) is 76.1. The highest BCUT2D eigenvalue weighted by Gasteiger charge is 2.30. The van der Waals surface area contributed by atoms with Crippen LogP contribution >= 0.6 is 15.6 Å². The number of phosphoric ester groups is 2. The molecule has 0 aromatic heterocycles. The van der Waals surface area contributed by atoms with Crippen molar-refractivity contribution in [3.63, 3.8) is 0 Å². The van der Waals surface area contributed by atoms with Crippen LogP contribution in [0.25, 0.3) is 0 Å². The molecule has 17 nitrogen and oxygen atoms in total. The van der Waals surface area contributed by atoms with E-state index in [2.05, 4.69) is 174 Å². The van der Waals surface area contributed by atoms with Gasteiger partial charge in [-0.1, -0.05) is 270 Å². The molecule has 0 saturated heterocycles. The smallest absolute Gasteiger partial charge is 0.462 e. The number of rotatable bonds is 74. The molecule has 0 aliphatic rings. The highest BCUT2D eigenvalue weighted by Crippen LogP contribution is 2.45. The van der Waals surface area contributed by atoms with Gasteiger partial charge in [-0.3, -0.25) is 37.3 Å². The van der Waals surface area contributed by atoms with Crippen LogP contribution in [0.5, 0.6) is 0 Å². The van der Waals surface area contributed by atoms with Gasteiger partial charge in [0.05, 0.1) is 26.4 Å². The van der Waals surface area contributed by atoms with Crippen molar-refractivity contribution in [2.75, 3.05) is 39.6 Å². The van der Waals surface area contributed by atoms with Crippen LogP contribution in [0.1, 0.15) is 310 Å². The molecule has 0 aliphatic carbocycles. The fraction of sp³-hybridized carbons (Fsp3) is 0.671. The Morgan fingerprint density at radius 3 is 0.798 bits per heavy atom. The minimum atomic E-state index is -5.00. The topological polar surface area (TPSA) is 237 Å². The predicted molar refractivity (Wildman–Crippen MR) is 427 cm³/mol. The van der Waals surface area contributed by atoms with Crippen LogP contribution in [0, 0.1) is 0 Å². The quantitative estimate of drug-likeness (QED) is 0.0169. The molecule has 0 aromatic rings. The van der Waals surface area contributed by atoms with E-state index >= 15 is 0 Å². The van der Waals surface area contributed by atoms with Crippen LogP contribution in [-0.4, -0.2) is 96.7 Å². The average molecular weight is 1500 g/mol. The van der Waals surface area contributed by atoms with Crippen LogP contribution in [0.4, 0.5) is 0 Å². The van der Waals surface area contributed by atoms with Crippen LogP contribution < -0.4 is 0 Å². The zero-order chi connectivity index (χ0) is 76.0. The number of aliphatic hydroxyl groups is 1. The van der Waals surface area contributed by atoms with Crippen LogP contribution in [0.15, 0.2) is 146 Å². The summed E-state index contributed by atoms with van der Waals surface area (Å²) in [6, 6.07) is 0. The van der Waals surface area contributed by atoms with Gasteiger partial charge in [0, 0.05) is 25.7 Å². The molecule has 0 aliphatic heterocycles. The van der Waals surface area contributed by atoms with Crippen molar-refractivity contribution in [3.8, 4) is 0 Å². The third kappa shape index (κ3) is 75.2. The van der Waals surface area contributed by atoms with Gasteiger partial charge < -0.3 is 33.8 Å². The third-order valence-electron chi connectivity index (χ3n) is 16.3.